The van der Waals surface area contributed by atoms with Crippen LogP contribution in [0, 0.1) is 0 Å². The second-order valence-electron chi connectivity index (χ2n) is 12.8. The van der Waals surface area contributed by atoms with Crippen LogP contribution in [0.3, 0.4) is 0 Å². The zero-order chi connectivity index (χ0) is 36.1. The molecule has 5 amide bonds. The number of ether oxygens (including phenoxy) is 1. The first-order chi connectivity index (χ1) is 23.1. The number of phenols is 1. The summed E-state index contributed by atoms with van der Waals surface area (Å²) in [5.74, 6) is -3.89. The van der Waals surface area contributed by atoms with Crippen LogP contribution in [-0.4, -0.2) is 94.2 Å². The summed E-state index contributed by atoms with van der Waals surface area (Å²) in [6, 6.07) is 10.2. The number of allylic oxidation sites excluding steroid dienone is 1. The van der Waals surface area contributed by atoms with Gasteiger partial charge in [-0.1, -0.05) is 54.6 Å². The maximum Gasteiger partial charge on any atom is 0.408 e. The Hall–Kier alpha value is -5.40. The van der Waals surface area contributed by atoms with Crippen LogP contribution in [0.5, 0.6) is 5.75 Å². The van der Waals surface area contributed by atoms with Gasteiger partial charge in [-0.25, -0.2) is 9.59 Å². The highest BCUT2D eigenvalue weighted by molar-refractivity contribution is 5.94. The predicted octanol–water partition coefficient (Wildman–Crippen LogP) is 1.81. The van der Waals surface area contributed by atoms with E-state index < -0.39 is 72.0 Å². The third-order valence-electron chi connectivity index (χ3n) is 7.46. The second kappa shape index (κ2) is 17.7. The van der Waals surface area contributed by atoms with E-state index in [1.54, 1.807) is 75.4 Å². The first kappa shape index (κ1) is 38.1. The van der Waals surface area contributed by atoms with Gasteiger partial charge in [0, 0.05) is 19.9 Å². The van der Waals surface area contributed by atoms with Crippen LogP contribution in [0.1, 0.15) is 51.2 Å². The van der Waals surface area contributed by atoms with Crippen LogP contribution < -0.4 is 21.3 Å². The maximum absolute atomic E-state index is 13.7. The average molecular weight is 680 g/mol. The number of carboxylic acids is 1. The van der Waals surface area contributed by atoms with Gasteiger partial charge in [0.25, 0.3) is 0 Å². The minimum Gasteiger partial charge on any atom is -0.508 e. The van der Waals surface area contributed by atoms with E-state index in [2.05, 4.69) is 21.3 Å². The molecule has 0 aliphatic carbocycles. The SMILES string of the molecule is CN1CC(=O)N[C@H](Cc2ccccc2)C(=O)N[C@@H](C(=O)O)CC=CCCC(NC(=O)C(Cc2ccc(O)cc2)NC(=O)OC(C)(C)C)C1=O. The molecule has 0 spiro atoms. The number of aliphatic carboxylic acids is 1. The van der Waals surface area contributed by atoms with Crippen molar-refractivity contribution in [1.82, 2.24) is 26.2 Å². The molecule has 14 nitrogen and oxygen atoms in total. The molecule has 264 valence electrons. The highest BCUT2D eigenvalue weighted by atomic mass is 16.6. The molecule has 1 heterocycles. The van der Waals surface area contributed by atoms with Gasteiger partial charge in [0.15, 0.2) is 0 Å². The Bertz CT molecular complexity index is 1510. The van der Waals surface area contributed by atoms with Crippen molar-refractivity contribution in [2.45, 2.75) is 82.6 Å². The highest BCUT2D eigenvalue weighted by Crippen LogP contribution is 2.14. The van der Waals surface area contributed by atoms with Crippen molar-refractivity contribution < 1.29 is 43.7 Å². The molecule has 0 radical (unpaired) electrons. The molecule has 0 saturated carbocycles. The normalized spacial score (nSPS) is 20.1. The van der Waals surface area contributed by atoms with Gasteiger partial charge in [0.1, 0.15) is 35.5 Å². The molecule has 0 fully saturated rings. The largest absolute Gasteiger partial charge is 0.508 e. The lowest BCUT2D eigenvalue weighted by Gasteiger charge is -2.28. The lowest BCUT2D eigenvalue weighted by atomic mass is 10.0. The molecule has 14 heteroatoms. The fourth-order valence-corrected chi connectivity index (χ4v) is 5.02. The molecule has 4 atom stereocenters. The summed E-state index contributed by atoms with van der Waals surface area (Å²) in [5.41, 5.74) is 0.487. The number of aromatic hydroxyl groups is 1. The number of carbonyl (C=O) groups excluding carboxylic acids is 5. The van der Waals surface area contributed by atoms with Gasteiger partial charge in [-0.15, -0.1) is 0 Å². The predicted molar refractivity (Wildman–Crippen MR) is 179 cm³/mol. The number of benzene rings is 2. The fourth-order valence-electron chi connectivity index (χ4n) is 5.02. The number of nitrogens with zero attached hydrogens (tertiary/aromatic N) is 1. The third kappa shape index (κ3) is 13.0. The third-order valence-corrected chi connectivity index (χ3v) is 7.46. The zero-order valence-corrected chi connectivity index (χ0v) is 28.1. The average Bonchev–Trinajstić information content (AvgIpc) is 3.02. The second-order valence-corrected chi connectivity index (χ2v) is 12.8. The summed E-state index contributed by atoms with van der Waals surface area (Å²) >= 11 is 0. The topological polar surface area (TPSA) is 203 Å². The van der Waals surface area contributed by atoms with Crippen molar-refractivity contribution in [1.29, 1.82) is 0 Å². The maximum atomic E-state index is 13.7. The van der Waals surface area contributed by atoms with Crippen LogP contribution in [0.25, 0.3) is 0 Å². The number of carboxylic acid groups (broad SMARTS) is 1. The van der Waals surface area contributed by atoms with E-state index in [4.69, 9.17) is 4.74 Å². The summed E-state index contributed by atoms with van der Waals surface area (Å²) in [5, 5.41) is 29.8. The summed E-state index contributed by atoms with van der Waals surface area (Å²) in [7, 11) is 1.38. The van der Waals surface area contributed by atoms with Crippen molar-refractivity contribution in [3.8, 4) is 5.75 Å². The number of phenolic OH excluding ortho intramolecular Hbond substituents is 1. The molecule has 3 rings (SSSR count). The van der Waals surface area contributed by atoms with Gasteiger partial charge >= 0.3 is 12.1 Å². The van der Waals surface area contributed by atoms with Gasteiger partial charge in [0.05, 0.1) is 6.54 Å². The van der Waals surface area contributed by atoms with Gasteiger partial charge in [0.2, 0.25) is 23.6 Å². The number of likely N-dealkylation sites (N-methyl/N-ethyl adjacent to an activating group) is 1. The van der Waals surface area contributed by atoms with E-state index in [1.807, 2.05) is 0 Å². The Morgan fingerprint density at radius 3 is 2.29 bits per heavy atom. The molecule has 49 heavy (non-hydrogen) atoms. The smallest absolute Gasteiger partial charge is 0.408 e. The van der Waals surface area contributed by atoms with Gasteiger partial charge < -0.3 is 41.1 Å². The van der Waals surface area contributed by atoms with Crippen molar-refractivity contribution in [2.24, 2.45) is 0 Å². The minimum atomic E-state index is -1.27. The van der Waals surface area contributed by atoms with Crippen LogP contribution in [-0.2, 0) is 41.6 Å². The number of rotatable bonds is 8. The van der Waals surface area contributed by atoms with E-state index in [-0.39, 0.29) is 37.9 Å². The molecular weight excluding hydrogens is 634 g/mol. The van der Waals surface area contributed by atoms with Crippen molar-refractivity contribution >= 4 is 35.7 Å². The Labute approximate surface area is 285 Å². The van der Waals surface area contributed by atoms with Crippen LogP contribution in [0.4, 0.5) is 4.79 Å². The summed E-state index contributed by atoms with van der Waals surface area (Å²) in [4.78, 5) is 79.5. The molecule has 2 unspecified atom stereocenters. The zero-order valence-electron chi connectivity index (χ0n) is 28.1. The lowest BCUT2D eigenvalue weighted by molar-refractivity contribution is -0.142. The standard InChI is InChI=1S/C35H45N5O9/c1-35(2,3)49-34(48)39-28(20-23-15-17-24(41)18-16-23)31(44)37-25-13-9-6-10-14-26(33(46)47)38-30(43)27(19-22-11-7-5-8-12-22)36-29(42)21-40(4)32(25)45/h5-8,10-12,15-18,25-28,41H,9,13-14,19-21H2,1-4H3,(H,36,42)(H,37,44)(H,38,43)(H,39,48)(H,46,47)/t25?,26-,27-,28?/m1/s1. The molecule has 0 saturated heterocycles. The Morgan fingerprint density at radius 2 is 1.65 bits per heavy atom. The highest BCUT2D eigenvalue weighted by Gasteiger charge is 2.32. The molecular formula is C35H45N5O9. The van der Waals surface area contributed by atoms with Crippen LogP contribution in [0.2, 0.25) is 0 Å². The van der Waals surface area contributed by atoms with Crippen molar-refractivity contribution in [3.63, 3.8) is 0 Å². The van der Waals surface area contributed by atoms with Gasteiger partial charge in [-0.3, -0.25) is 19.2 Å². The molecule has 1 aliphatic rings. The number of nitrogens with one attached hydrogen (secondary N) is 4. The molecule has 1 aliphatic heterocycles. The van der Waals surface area contributed by atoms with E-state index >= 15 is 0 Å². The summed E-state index contributed by atoms with van der Waals surface area (Å²) in [6.07, 6.45) is 2.68. The number of hydrogen-bond acceptors (Lipinski definition) is 8. The van der Waals surface area contributed by atoms with Crippen LogP contribution in [0.15, 0.2) is 66.7 Å². The Balaban J connectivity index is 1.86. The molecule has 0 aromatic heterocycles. The van der Waals surface area contributed by atoms with Crippen molar-refractivity contribution in [3.05, 3.63) is 77.9 Å². The Kier molecular flexibility index (Phi) is 13.7. The van der Waals surface area contributed by atoms with Gasteiger partial charge in [-0.05, 0) is 63.3 Å². The molecule has 6 N–H and O–H groups in total. The number of amides is 5. The van der Waals surface area contributed by atoms with E-state index in [0.717, 1.165) is 10.5 Å². The lowest BCUT2D eigenvalue weighted by Crippen LogP contribution is -2.56. The van der Waals surface area contributed by atoms with E-state index in [9.17, 15) is 39.0 Å². The first-order valence-corrected chi connectivity index (χ1v) is 16.0. The minimum absolute atomic E-state index is 0.00478. The number of hydrogen-bond donors (Lipinski definition) is 6. The number of alkyl carbamates (subject to hydrolysis) is 1. The summed E-state index contributed by atoms with van der Waals surface area (Å²) < 4.78 is 5.35. The van der Waals surface area contributed by atoms with E-state index in [0.29, 0.717) is 5.56 Å². The fraction of sp³-hybridized carbons (Fsp3) is 0.429. The quantitative estimate of drug-likeness (QED) is 0.225. The van der Waals surface area contributed by atoms with Crippen molar-refractivity contribution in [2.75, 3.05) is 13.6 Å². The monoisotopic (exact) mass is 679 g/mol. The summed E-state index contributed by atoms with van der Waals surface area (Å²) in [6.45, 7) is 4.55. The van der Waals surface area contributed by atoms with E-state index in [1.165, 1.54) is 19.2 Å². The molecule has 2 aromatic carbocycles. The molecule has 0 bridgehead atoms. The Morgan fingerprint density at radius 1 is 0.980 bits per heavy atom. The van der Waals surface area contributed by atoms with Gasteiger partial charge in [-0.2, -0.15) is 0 Å². The first-order valence-electron chi connectivity index (χ1n) is 16.0. The number of carbonyl (C=O) groups is 6. The van der Waals surface area contributed by atoms with Crippen LogP contribution >= 0.6 is 0 Å². The molecule has 2 aromatic rings.